The smallest absolute Gasteiger partial charge is 0.335 e. The minimum Gasteiger partial charge on any atom is -0.478 e. The van der Waals surface area contributed by atoms with E-state index in [9.17, 15) is 14.4 Å². The molecule has 0 spiro atoms. The van der Waals surface area contributed by atoms with Gasteiger partial charge in [-0.05, 0) is 24.6 Å². The largest absolute Gasteiger partial charge is 0.478 e. The molecule has 142 valence electrons. The molecule has 0 bridgehead atoms. The third-order valence-corrected chi connectivity index (χ3v) is 4.21. The minimum absolute atomic E-state index is 0.0325. The summed E-state index contributed by atoms with van der Waals surface area (Å²) in [5.41, 5.74) is 1.41. The Balaban J connectivity index is 2.02. The van der Waals surface area contributed by atoms with Crippen LogP contribution in [0.1, 0.15) is 30.6 Å². The van der Waals surface area contributed by atoms with Crippen LogP contribution in [0.25, 0.3) is 0 Å². The maximum Gasteiger partial charge on any atom is 0.335 e. The molecule has 0 aliphatic carbocycles. The van der Waals surface area contributed by atoms with Crippen molar-refractivity contribution in [3.05, 3.63) is 23.8 Å². The molecule has 1 fully saturated rings. The highest BCUT2D eigenvalue weighted by atomic mass is 16.4. The number of carbonyl (C=O) groups excluding carboxylic acids is 2. The summed E-state index contributed by atoms with van der Waals surface area (Å²) >= 11 is 0. The first kappa shape index (κ1) is 19.7. The van der Waals surface area contributed by atoms with E-state index >= 15 is 0 Å². The van der Waals surface area contributed by atoms with Crippen LogP contribution in [0.4, 0.5) is 11.4 Å². The molecule has 1 aliphatic heterocycles. The van der Waals surface area contributed by atoms with E-state index < -0.39 is 5.97 Å². The van der Waals surface area contributed by atoms with Gasteiger partial charge in [0.2, 0.25) is 11.8 Å². The van der Waals surface area contributed by atoms with E-state index in [4.69, 9.17) is 5.11 Å². The van der Waals surface area contributed by atoms with Crippen molar-refractivity contribution in [1.82, 2.24) is 10.2 Å². The monoisotopic (exact) mass is 362 g/mol. The van der Waals surface area contributed by atoms with Gasteiger partial charge in [-0.15, -0.1) is 0 Å². The van der Waals surface area contributed by atoms with Crippen LogP contribution in [0.3, 0.4) is 0 Å². The lowest BCUT2D eigenvalue weighted by Gasteiger charge is -2.36. The predicted octanol–water partition coefficient (Wildman–Crippen LogP) is 0.991. The number of nitrogens with zero attached hydrogens (tertiary/aromatic N) is 2. The van der Waals surface area contributed by atoms with Crippen molar-refractivity contribution in [2.24, 2.45) is 0 Å². The first-order valence-electron chi connectivity index (χ1n) is 8.79. The Hall–Kier alpha value is -2.61. The average Bonchev–Trinajstić information content (AvgIpc) is 2.60. The Kier molecular flexibility index (Phi) is 6.97. The Morgan fingerprint density at radius 2 is 1.85 bits per heavy atom. The van der Waals surface area contributed by atoms with E-state index in [-0.39, 0.29) is 17.4 Å². The van der Waals surface area contributed by atoms with Crippen molar-refractivity contribution in [2.75, 3.05) is 49.5 Å². The number of carboxylic acids is 1. The van der Waals surface area contributed by atoms with Crippen molar-refractivity contribution >= 4 is 29.2 Å². The number of hydrogen-bond donors (Lipinski definition) is 3. The van der Waals surface area contributed by atoms with Gasteiger partial charge in [0.25, 0.3) is 0 Å². The second-order valence-corrected chi connectivity index (χ2v) is 6.33. The third kappa shape index (κ3) is 5.45. The summed E-state index contributed by atoms with van der Waals surface area (Å²) in [6, 6.07) is 4.73. The van der Waals surface area contributed by atoms with Crippen LogP contribution in [-0.2, 0) is 9.59 Å². The summed E-state index contributed by atoms with van der Waals surface area (Å²) in [7, 11) is 0. The highest BCUT2D eigenvalue weighted by Gasteiger charge is 2.21. The van der Waals surface area contributed by atoms with E-state index in [0.717, 1.165) is 25.2 Å². The molecule has 26 heavy (non-hydrogen) atoms. The summed E-state index contributed by atoms with van der Waals surface area (Å²) < 4.78 is 0. The molecule has 1 heterocycles. The quantitative estimate of drug-likeness (QED) is 0.669. The fourth-order valence-electron chi connectivity index (χ4n) is 2.90. The predicted molar refractivity (Wildman–Crippen MR) is 99.7 cm³/mol. The lowest BCUT2D eigenvalue weighted by Crippen LogP contribution is -2.49. The maximum absolute atomic E-state index is 11.8. The Morgan fingerprint density at radius 1 is 1.15 bits per heavy atom. The van der Waals surface area contributed by atoms with Gasteiger partial charge in [0.05, 0.1) is 23.5 Å². The first-order valence-corrected chi connectivity index (χ1v) is 8.79. The maximum atomic E-state index is 11.8. The van der Waals surface area contributed by atoms with E-state index in [1.165, 1.54) is 19.1 Å². The van der Waals surface area contributed by atoms with Crippen molar-refractivity contribution in [1.29, 1.82) is 0 Å². The summed E-state index contributed by atoms with van der Waals surface area (Å²) in [5, 5.41) is 14.7. The van der Waals surface area contributed by atoms with Crippen LogP contribution in [0.2, 0.25) is 0 Å². The zero-order valence-electron chi connectivity index (χ0n) is 15.2. The van der Waals surface area contributed by atoms with E-state index in [0.29, 0.717) is 31.9 Å². The SMILES string of the molecule is CCCNC(=O)CN1CCN(c2ccc(C(=O)O)cc2NC(C)=O)CC1. The minimum atomic E-state index is -1.04. The lowest BCUT2D eigenvalue weighted by molar-refractivity contribution is -0.122. The molecule has 0 radical (unpaired) electrons. The number of nitrogens with one attached hydrogen (secondary N) is 2. The van der Waals surface area contributed by atoms with Gasteiger partial charge in [-0.3, -0.25) is 14.5 Å². The summed E-state index contributed by atoms with van der Waals surface area (Å²) in [6.45, 7) is 7.31. The van der Waals surface area contributed by atoms with E-state index in [1.54, 1.807) is 6.07 Å². The summed E-state index contributed by atoms with van der Waals surface area (Å²) in [4.78, 5) is 38.6. The molecule has 3 N–H and O–H groups in total. The number of piperazine rings is 1. The van der Waals surface area contributed by atoms with Gasteiger partial charge in [0.1, 0.15) is 0 Å². The molecule has 2 amide bonds. The number of anilines is 2. The van der Waals surface area contributed by atoms with E-state index in [2.05, 4.69) is 20.4 Å². The number of rotatable bonds is 7. The van der Waals surface area contributed by atoms with Crippen LogP contribution in [-0.4, -0.2) is 67.1 Å². The van der Waals surface area contributed by atoms with Gasteiger partial charge in [0.15, 0.2) is 0 Å². The standard InChI is InChI=1S/C18H26N4O4/c1-3-6-19-17(24)12-21-7-9-22(10-8-21)16-5-4-14(18(25)26)11-15(16)20-13(2)23/h4-5,11H,3,6-10,12H2,1-2H3,(H,19,24)(H,20,23)(H,25,26). The van der Waals surface area contributed by atoms with Gasteiger partial charge >= 0.3 is 5.97 Å². The summed E-state index contributed by atoms with van der Waals surface area (Å²) in [5.74, 6) is -1.25. The summed E-state index contributed by atoms with van der Waals surface area (Å²) in [6.07, 6.45) is 0.914. The van der Waals surface area contributed by atoms with Crippen molar-refractivity contribution in [3.63, 3.8) is 0 Å². The lowest BCUT2D eigenvalue weighted by atomic mass is 10.1. The molecule has 1 aromatic carbocycles. The topological polar surface area (TPSA) is 102 Å². The fourth-order valence-corrected chi connectivity index (χ4v) is 2.90. The Bertz CT molecular complexity index is 669. The van der Waals surface area contributed by atoms with Crippen LogP contribution >= 0.6 is 0 Å². The second-order valence-electron chi connectivity index (χ2n) is 6.33. The Labute approximate surface area is 153 Å². The molecule has 1 aromatic rings. The van der Waals surface area contributed by atoms with Crippen LogP contribution < -0.4 is 15.5 Å². The second kappa shape index (κ2) is 9.19. The first-order chi connectivity index (χ1) is 12.4. The van der Waals surface area contributed by atoms with E-state index in [1.807, 2.05) is 6.92 Å². The molecule has 2 rings (SSSR count). The van der Waals surface area contributed by atoms with Gasteiger partial charge < -0.3 is 20.6 Å². The Morgan fingerprint density at radius 3 is 2.42 bits per heavy atom. The molecule has 1 aliphatic rings. The molecule has 0 atom stereocenters. The normalized spacial score (nSPS) is 14.8. The molecule has 0 saturated carbocycles. The highest BCUT2D eigenvalue weighted by Crippen LogP contribution is 2.28. The third-order valence-electron chi connectivity index (χ3n) is 4.21. The van der Waals surface area contributed by atoms with Gasteiger partial charge in [-0.25, -0.2) is 4.79 Å². The van der Waals surface area contributed by atoms with Gasteiger partial charge in [-0.2, -0.15) is 0 Å². The zero-order valence-corrected chi connectivity index (χ0v) is 15.2. The average molecular weight is 362 g/mol. The number of carboxylic acid groups (broad SMARTS) is 1. The number of hydrogen-bond acceptors (Lipinski definition) is 5. The van der Waals surface area contributed by atoms with Crippen LogP contribution in [0.15, 0.2) is 18.2 Å². The number of aromatic carboxylic acids is 1. The number of amides is 2. The van der Waals surface area contributed by atoms with Crippen LogP contribution in [0, 0.1) is 0 Å². The molecule has 0 aromatic heterocycles. The van der Waals surface area contributed by atoms with Crippen molar-refractivity contribution in [3.8, 4) is 0 Å². The van der Waals surface area contributed by atoms with Gasteiger partial charge in [0, 0.05) is 39.6 Å². The number of carbonyl (C=O) groups is 3. The number of benzene rings is 1. The molecule has 1 saturated heterocycles. The van der Waals surface area contributed by atoms with Crippen molar-refractivity contribution in [2.45, 2.75) is 20.3 Å². The fraction of sp³-hybridized carbons (Fsp3) is 0.500. The molecular formula is C18H26N4O4. The molecule has 8 nitrogen and oxygen atoms in total. The molecule has 0 unspecified atom stereocenters. The molecule has 8 heteroatoms. The zero-order chi connectivity index (χ0) is 19.1. The molecular weight excluding hydrogens is 336 g/mol. The van der Waals surface area contributed by atoms with Crippen molar-refractivity contribution < 1.29 is 19.5 Å². The highest BCUT2D eigenvalue weighted by molar-refractivity contribution is 5.96. The van der Waals surface area contributed by atoms with Crippen LogP contribution in [0.5, 0.6) is 0 Å². The van der Waals surface area contributed by atoms with Gasteiger partial charge in [-0.1, -0.05) is 6.92 Å².